The van der Waals surface area contributed by atoms with Crippen LogP contribution in [0.15, 0.2) is 37.5 Å². The Morgan fingerprint density at radius 1 is 0.804 bits per heavy atom. The molecule has 1 N–H and O–H groups in total. The second kappa shape index (κ2) is 11.4. The second-order valence-corrected chi connectivity index (χ2v) is 17.9. The van der Waals surface area contributed by atoms with E-state index in [4.69, 9.17) is 1.37 Å². The maximum Gasteiger partial charge on any atom is 0.140 e. The molecule has 4 heteroatoms. The Bertz CT molecular complexity index is 1420. The molecule has 14 atom stereocenters. The number of allylic oxidation sites excluding steroid dienone is 3. The van der Waals surface area contributed by atoms with Gasteiger partial charge < -0.3 is 5.11 Å². The molecule has 0 spiro atoms. The minimum absolute atomic E-state index is 0.0159. The molecule has 4 bridgehead atoms. The summed E-state index contributed by atoms with van der Waals surface area (Å²) in [5.74, 6) is -0.217. The number of hydrogen-bond acceptors (Lipinski definition) is 4. The molecule has 4 nitrogen and oxygen atoms in total. The third-order valence-electron chi connectivity index (χ3n) is 16.5. The van der Waals surface area contributed by atoms with E-state index in [1.165, 1.54) is 0 Å². The predicted octanol–water partition coefficient (Wildman–Crippen LogP) is 9.36. The first-order chi connectivity index (χ1) is 21.9. The monoisotopic (exact) mass is 634 g/mol. The molecule has 6 aliphatic carbocycles. The zero-order valence-electron chi connectivity index (χ0n) is 32.5. The summed E-state index contributed by atoms with van der Waals surface area (Å²) in [6.07, 6.45) is 9.23. The van der Waals surface area contributed by atoms with E-state index >= 15 is 0 Å². The highest BCUT2D eigenvalue weighted by molar-refractivity contribution is 5.95. The molecule has 0 saturated heterocycles. The molecular formula is C42H64O4. The van der Waals surface area contributed by atoms with E-state index in [0.717, 1.165) is 44.1 Å². The summed E-state index contributed by atoms with van der Waals surface area (Å²) in [5, 5.41) is 11.4. The van der Waals surface area contributed by atoms with Gasteiger partial charge in [0.1, 0.15) is 17.3 Å². The van der Waals surface area contributed by atoms with Crippen LogP contribution in [0.1, 0.15) is 129 Å². The van der Waals surface area contributed by atoms with E-state index in [-0.39, 0.29) is 63.7 Å². The van der Waals surface area contributed by atoms with Gasteiger partial charge in [0.2, 0.25) is 0 Å². The summed E-state index contributed by atoms with van der Waals surface area (Å²) in [6.45, 7) is 31.2. The summed E-state index contributed by atoms with van der Waals surface area (Å²) in [4.78, 5) is 39.4. The van der Waals surface area contributed by atoms with Gasteiger partial charge in [-0.05, 0) is 90.8 Å². The quantitative estimate of drug-likeness (QED) is 0.307. The normalized spacial score (nSPS) is 57.3. The molecule has 256 valence electrons. The number of hydrogen-bond donors (Lipinski definition) is 1. The van der Waals surface area contributed by atoms with Crippen molar-refractivity contribution >= 4 is 17.3 Å². The Kier molecular flexibility index (Phi) is 8.10. The molecule has 12 unspecified atom stereocenters. The molecule has 6 rings (SSSR count). The minimum atomic E-state index is -1.65. The molecular weight excluding hydrogens is 568 g/mol. The summed E-state index contributed by atoms with van der Waals surface area (Å²) < 4.78 is 18.4. The van der Waals surface area contributed by atoms with Gasteiger partial charge in [0, 0.05) is 48.7 Å². The largest absolute Gasteiger partial charge is 0.392 e. The molecule has 0 amide bonds. The number of rotatable bonds is 2. The molecule has 6 saturated carbocycles. The van der Waals surface area contributed by atoms with Gasteiger partial charge >= 0.3 is 0 Å². The molecule has 6 fully saturated rings. The van der Waals surface area contributed by atoms with Gasteiger partial charge in [-0.2, -0.15) is 0 Å². The van der Waals surface area contributed by atoms with Gasteiger partial charge in [-0.25, -0.2) is 0 Å². The van der Waals surface area contributed by atoms with Crippen LogP contribution in [0.3, 0.4) is 0 Å². The predicted molar refractivity (Wildman–Crippen MR) is 187 cm³/mol. The average molecular weight is 635 g/mol. The first-order valence-corrected chi connectivity index (χ1v) is 18.2. The van der Waals surface area contributed by atoms with Crippen molar-refractivity contribution in [1.29, 1.82) is 0 Å². The van der Waals surface area contributed by atoms with Crippen molar-refractivity contribution in [3.8, 4) is 0 Å². The summed E-state index contributed by atoms with van der Waals surface area (Å²) in [7, 11) is 0. The molecule has 0 aromatic carbocycles. The van der Waals surface area contributed by atoms with Crippen LogP contribution < -0.4 is 0 Å². The zero-order valence-corrected chi connectivity index (χ0v) is 30.5. The van der Waals surface area contributed by atoms with Crippen LogP contribution in [-0.4, -0.2) is 28.5 Å². The fourth-order valence-electron chi connectivity index (χ4n) is 12.0. The van der Waals surface area contributed by atoms with E-state index in [2.05, 4.69) is 61.3 Å². The summed E-state index contributed by atoms with van der Waals surface area (Å²) >= 11 is 0. The maximum atomic E-state index is 13.5. The van der Waals surface area contributed by atoms with Gasteiger partial charge in [-0.15, -0.1) is 13.2 Å². The fraction of sp³-hybridized carbons (Fsp3) is 0.786. The van der Waals surface area contributed by atoms with Crippen LogP contribution >= 0.6 is 0 Å². The highest BCUT2D eigenvalue weighted by Crippen LogP contribution is 2.69. The van der Waals surface area contributed by atoms with Gasteiger partial charge in [-0.1, -0.05) is 86.6 Å². The van der Waals surface area contributed by atoms with Crippen molar-refractivity contribution < 1.29 is 22.2 Å². The third kappa shape index (κ3) is 4.50. The van der Waals surface area contributed by atoms with E-state index in [9.17, 15) is 20.9 Å². The van der Waals surface area contributed by atoms with Gasteiger partial charge in [0.05, 0.1) is 7.45 Å². The van der Waals surface area contributed by atoms with Crippen LogP contribution in [0, 0.1) is 73.9 Å². The van der Waals surface area contributed by atoms with Crippen molar-refractivity contribution in [1.82, 2.24) is 0 Å². The third-order valence-corrected chi connectivity index (χ3v) is 16.5. The van der Waals surface area contributed by atoms with Crippen LogP contribution in [0.4, 0.5) is 0 Å². The van der Waals surface area contributed by atoms with E-state index < -0.39 is 33.6 Å². The molecule has 0 radical (unpaired) electrons. The summed E-state index contributed by atoms with van der Waals surface area (Å²) in [5.41, 5.74) is -1.63. The van der Waals surface area contributed by atoms with E-state index in [0.29, 0.717) is 25.7 Å². The number of ketones is 3. The standard InChI is InChI=1S/2C21H32O2/c2*1-7-19(5)12-17(23)20(6)13(2)8-10-21(15(4)14(19)3)11-9-16(22)18(20)21/h7,13-15,18H,1,8-12H2,2-6H3;7,13-14,17-18,23H,1,4,8-12H2,2-3,5-6H3/t13?,14?,15-,18?,19?,20?,21?;13?,14?,17-,18?,19?,20?,21?/m01/s1/i15D;17D. The Balaban J connectivity index is 0.000000188. The van der Waals surface area contributed by atoms with E-state index in [1.54, 1.807) is 0 Å². The Morgan fingerprint density at radius 3 is 1.98 bits per heavy atom. The van der Waals surface area contributed by atoms with Crippen LogP contribution in [-0.2, 0) is 14.4 Å². The molecule has 0 heterocycles. The Labute approximate surface area is 283 Å². The molecule has 6 aliphatic rings. The van der Waals surface area contributed by atoms with Gasteiger partial charge in [0.15, 0.2) is 0 Å². The van der Waals surface area contributed by atoms with E-state index in [1.807, 2.05) is 32.9 Å². The zero-order chi connectivity index (χ0) is 36.3. The van der Waals surface area contributed by atoms with Crippen LogP contribution in [0.25, 0.3) is 0 Å². The van der Waals surface area contributed by atoms with Gasteiger partial charge in [-0.3, -0.25) is 14.4 Å². The molecule has 0 aromatic rings. The first-order valence-electron chi connectivity index (χ1n) is 19.2. The fourth-order valence-corrected chi connectivity index (χ4v) is 12.0. The number of Topliss-reactive ketones (excluding diaryl/α,β-unsaturated/α-hetero) is 3. The van der Waals surface area contributed by atoms with Crippen LogP contribution in [0.5, 0.6) is 0 Å². The Morgan fingerprint density at radius 2 is 1.37 bits per heavy atom. The first kappa shape index (κ1) is 32.7. The smallest absolute Gasteiger partial charge is 0.140 e. The maximum absolute atomic E-state index is 13.5. The van der Waals surface area contributed by atoms with Crippen molar-refractivity contribution in [2.24, 2.45) is 73.9 Å². The van der Waals surface area contributed by atoms with Crippen molar-refractivity contribution in [3.63, 3.8) is 0 Å². The number of carbonyl (C=O) groups excluding carboxylic acids is 3. The summed E-state index contributed by atoms with van der Waals surface area (Å²) in [6, 6.07) is 0. The molecule has 46 heavy (non-hydrogen) atoms. The van der Waals surface area contributed by atoms with Gasteiger partial charge in [0.25, 0.3) is 0 Å². The molecule has 0 aromatic heterocycles. The molecule has 0 aliphatic heterocycles. The number of aliphatic hydroxyl groups is 1. The lowest BCUT2D eigenvalue weighted by Crippen LogP contribution is -2.59. The lowest BCUT2D eigenvalue weighted by molar-refractivity contribution is -0.165. The Hall–Kier alpha value is -1.81. The SMILES string of the molecule is [2H][C@@]1(O)CC(C)(C=C)C(C)C(=C)C23CCC(=O)C2C1(C)C(C)CC3.[2H][C@]1(C)C(C)C(C)(C=C)CC(=O)C2(C)C(C)CCC13CCC(=O)C23. The number of carbonyl (C=O) groups is 3. The lowest BCUT2D eigenvalue weighted by Gasteiger charge is -2.60. The minimum Gasteiger partial charge on any atom is -0.392 e. The lowest BCUT2D eigenvalue weighted by atomic mass is 9.43. The topological polar surface area (TPSA) is 71.4 Å². The van der Waals surface area contributed by atoms with Crippen molar-refractivity contribution in [2.75, 3.05) is 0 Å². The van der Waals surface area contributed by atoms with Crippen molar-refractivity contribution in [2.45, 2.75) is 133 Å². The van der Waals surface area contributed by atoms with Crippen molar-refractivity contribution in [3.05, 3.63) is 37.5 Å². The second-order valence-electron chi connectivity index (χ2n) is 17.9. The highest BCUT2D eigenvalue weighted by Gasteiger charge is 2.68. The average Bonchev–Trinajstić information content (AvgIpc) is 3.57. The van der Waals surface area contributed by atoms with Crippen LogP contribution in [0.2, 0.25) is 0 Å². The highest BCUT2D eigenvalue weighted by atomic mass is 16.3.